The molecule has 17 heavy (non-hydrogen) atoms. The molecule has 0 bridgehead atoms. The van der Waals surface area contributed by atoms with Gasteiger partial charge in [-0.05, 0) is 19.9 Å². The quantitative estimate of drug-likeness (QED) is 0.659. The Morgan fingerprint density at radius 1 is 1.35 bits per heavy atom. The lowest BCUT2D eigenvalue weighted by molar-refractivity contribution is 0.0511. The average Bonchev–Trinajstić information content (AvgIpc) is 2.80. The second kappa shape index (κ2) is 8.16. The Balaban J connectivity index is 2.31. The van der Waals surface area contributed by atoms with Crippen LogP contribution >= 0.6 is 0 Å². The Morgan fingerprint density at radius 3 is 2.88 bits per heavy atom. The minimum Gasteiger partial charge on any atom is -0.421 e. The first-order chi connectivity index (χ1) is 8.27. The largest absolute Gasteiger partial charge is 0.421 e. The zero-order valence-electron chi connectivity index (χ0n) is 10.7. The van der Waals surface area contributed by atoms with Crippen molar-refractivity contribution < 1.29 is 13.9 Å². The summed E-state index contributed by atoms with van der Waals surface area (Å²) in [4.78, 5) is 0. The van der Waals surface area contributed by atoms with Gasteiger partial charge < -0.3 is 19.2 Å². The van der Waals surface area contributed by atoms with Crippen LogP contribution in [0.15, 0.2) is 4.42 Å². The molecule has 0 fully saturated rings. The molecule has 1 aromatic heterocycles. The van der Waals surface area contributed by atoms with Crippen molar-refractivity contribution in [3.8, 4) is 0 Å². The maximum atomic E-state index is 5.47. The lowest BCUT2D eigenvalue weighted by atomic mass is 10.3. The van der Waals surface area contributed by atoms with Crippen molar-refractivity contribution in [1.82, 2.24) is 15.5 Å². The molecule has 1 unspecified atom stereocenters. The molecule has 0 aromatic carbocycles. The highest BCUT2D eigenvalue weighted by Crippen LogP contribution is 2.10. The number of rotatable bonds is 9. The summed E-state index contributed by atoms with van der Waals surface area (Å²) in [5.41, 5.74) is 0. The Kier molecular flexibility index (Phi) is 6.76. The van der Waals surface area contributed by atoms with E-state index in [0.717, 1.165) is 13.0 Å². The zero-order chi connectivity index (χ0) is 12.5. The lowest BCUT2D eigenvalue weighted by Gasteiger charge is -2.07. The topological polar surface area (TPSA) is 69.4 Å². The lowest BCUT2D eigenvalue weighted by Crippen LogP contribution is -2.19. The van der Waals surface area contributed by atoms with Crippen molar-refractivity contribution in [3.05, 3.63) is 11.8 Å². The molecular formula is C11H21N3O3. The number of hydrogen-bond donors (Lipinski definition) is 1. The van der Waals surface area contributed by atoms with E-state index >= 15 is 0 Å². The van der Waals surface area contributed by atoms with Crippen LogP contribution < -0.4 is 5.32 Å². The van der Waals surface area contributed by atoms with E-state index in [-0.39, 0.29) is 6.04 Å². The van der Waals surface area contributed by atoms with Crippen LogP contribution in [0.2, 0.25) is 0 Å². The monoisotopic (exact) mass is 243 g/mol. The normalized spacial score (nSPS) is 12.9. The number of methoxy groups -OCH3 is 1. The van der Waals surface area contributed by atoms with E-state index in [1.807, 2.05) is 6.92 Å². The molecular weight excluding hydrogens is 222 g/mol. The number of nitrogens with one attached hydrogen (secondary N) is 1. The molecule has 1 rings (SSSR count). The number of ether oxygens (including phenoxy) is 2. The molecule has 0 radical (unpaired) electrons. The summed E-state index contributed by atoms with van der Waals surface area (Å²) in [6.07, 6.45) is 1.07. The molecule has 1 heterocycles. The van der Waals surface area contributed by atoms with Crippen LogP contribution in [-0.2, 0) is 16.1 Å². The predicted octanol–water partition coefficient (Wildman–Crippen LogP) is 1.29. The van der Waals surface area contributed by atoms with Gasteiger partial charge in [-0.1, -0.05) is 6.92 Å². The van der Waals surface area contributed by atoms with E-state index in [1.54, 1.807) is 7.11 Å². The summed E-state index contributed by atoms with van der Waals surface area (Å²) in [5, 5.41) is 11.2. The van der Waals surface area contributed by atoms with E-state index in [0.29, 0.717) is 31.6 Å². The molecule has 0 aliphatic rings. The molecule has 0 amide bonds. The van der Waals surface area contributed by atoms with Crippen molar-refractivity contribution in [2.75, 3.05) is 26.9 Å². The molecule has 0 aliphatic heterocycles. The van der Waals surface area contributed by atoms with Gasteiger partial charge >= 0.3 is 0 Å². The molecule has 0 saturated heterocycles. The van der Waals surface area contributed by atoms with E-state index in [1.165, 1.54) is 0 Å². The Bertz CT molecular complexity index is 304. The van der Waals surface area contributed by atoms with Crippen molar-refractivity contribution in [2.24, 2.45) is 0 Å². The molecule has 0 aliphatic carbocycles. The fourth-order valence-electron chi connectivity index (χ4n) is 1.25. The van der Waals surface area contributed by atoms with E-state index in [2.05, 4.69) is 22.4 Å². The average molecular weight is 243 g/mol. The van der Waals surface area contributed by atoms with Crippen LogP contribution in [0, 0.1) is 0 Å². The van der Waals surface area contributed by atoms with Crippen molar-refractivity contribution in [2.45, 2.75) is 32.9 Å². The SMILES string of the molecule is CCCNC(C)c1nnc(COCCOC)o1. The smallest absolute Gasteiger partial charge is 0.242 e. The minimum atomic E-state index is 0.0789. The van der Waals surface area contributed by atoms with Crippen molar-refractivity contribution in [1.29, 1.82) is 0 Å². The second-order valence-corrected chi connectivity index (χ2v) is 3.76. The highest BCUT2D eigenvalue weighted by Gasteiger charge is 2.12. The third-order valence-corrected chi connectivity index (χ3v) is 2.21. The standard InChI is InChI=1S/C11H21N3O3/c1-4-5-12-9(2)11-14-13-10(17-11)8-16-7-6-15-3/h9,12H,4-8H2,1-3H3. The summed E-state index contributed by atoms with van der Waals surface area (Å²) < 4.78 is 15.6. The van der Waals surface area contributed by atoms with Gasteiger partial charge in [0.05, 0.1) is 19.3 Å². The number of aromatic nitrogens is 2. The Morgan fingerprint density at radius 2 is 2.18 bits per heavy atom. The summed E-state index contributed by atoms with van der Waals surface area (Å²) in [7, 11) is 1.63. The van der Waals surface area contributed by atoms with Gasteiger partial charge in [0.2, 0.25) is 11.8 Å². The highest BCUT2D eigenvalue weighted by atomic mass is 16.5. The first kappa shape index (κ1) is 14.1. The van der Waals surface area contributed by atoms with Gasteiger partial charge in [0.15, 0.2) is 0 Å². The maximum absolute atomic E-state index is 5.47. The van der Waals surface area contributed by atoms with E-state index in [9.17, 15) is 0 Å². The first-order valence-electron chi connectivity index (χ1n) is 5.90. The van der Waals surface area contributed by atoms with Crippen LogP contribution in [0.5, 0.6) is 0 Å². The zero-order valence-corrected chi connectivity index (χ0v) is 10.7. The summed E-state index contributed by atoms with van der Waals surface area (Å²) in [5.74, 6) is 1.10. The third kappa shape index (κ3) is 5.25. The second-order valence-electron chi connectivity index (χ2n) is 3.76. The van der Waals surface area contributed by atoms with Gasteiger partial charge in [-0.25, -0.2) is 0 Å². The van der Waals surface area contributed by atoms with Crippen LogP contribution in [0.1, 0.15) is 38.1 Å². The first-order valence-corrected chi connectivity index (χ1v) is 5.90. The van der Waals surface area contributed by atoms with Gasteiger partial charge in [0.25, 0.3) is 0 Å². The van der Waals surface area contributed by atoms with E-state index < -0.39 is 0 Å². The number of nitrogens with zero attached hydrogens (tertiary/aromatic N) is 2. The molecule has 1 atom stereocenters. The Hall–Kier alpha value is -0.980. The Labute approximate surface area is 102 Å². The third-order valence-electron chi connectivity index (χ3n) is 2.21. The van der Waals surface area contributed by atoms with Gasteiger partial charge in [-0.2, -0.15) is 0 Å². The molecule has 6 nitrogen and oxygen atoms in total. The van der Waals surface area contributed by atoms with E-state index in [4.69, 9.17) is 13.9 Å². The molecule has 6 heteroatoms. The molecule has 1 N–H and O–H groups in total. The molecule has 1 aromatic rings. The molecule has 0 saturated carbocycles. The van der Waals surface area contributed by atoms with Gasteiger partial charge in [0, 0.05) is 7.11 Å². The summed E-state index contributed by atoms with van der Waals surface area (Å²) >= 11 is 0. The van der Waals surface area contributed by atoms with Gasteiger partial charge in [0.1, 0.15) is 6.61 Å². The summed E-state index contributed by atoms with van der Waals surface area (Å²) in [6, 6.07) is 0.0789. The number of hydrogen-bond acceptors (Lipinski definition) is 6. The minimum absolute atomic E-state index is 0.0789. The fraction of sp³-hybridized carbons (Fsp3) is 0.818. The van der Waals surface area contributed by atoms with Crippen molar-refractivity contribution >= 4 is 0 Å². The molecule has 0 spiro atoms. The summed E-state index contributed by atoms with van der Waals surface area (Å²) in [6.45, 7) is 6.47. The van der Waals surface area contributed by atoms with Crippen LogP contribution in [-0.4, -0.2) is 37.1 Å². The van der Waals surface area contributed by atoms with Crippen LogP contribution in [0.4, 0.5) is 0 Å². The maximum Gasteiger partial charge on any atom is 0.242 e. The predicted molar refractivity (Wildman–Crippen MR) is 62.5 cm³/mol. The highest BCUT2D eigenvalue weighted by molar-refractivity contribution is 4.87. The molecule has 98 valence electrons. The van der Waals surface area contributed by atoms with Crippen molar-refractivity contribution in [3.63, 3.8) is 0 Å². The van der Waals surface area contributed by atoms with Gasteiger partial charge in [-0.3, -0.25) is 0 Å². The van der Waals surface area contributed by atoms with Crippen LogP contribution in [0.25, 0.3) is 0 Å². The van der Waals surface area contributed by atoms with Crippen LogP contribution in [0.3, 0.4) is 0 Å². The van der Waals surface area contributed by atoms with Gasteiger partial charge in [-0.15, -0.1) is 10.2 Å². The fourth-order valence-corrected chi connectivity index (χ4v) is 1.25.